The quantitative estimate of drug-likeness (QED) is 0.145. The van der Waals surface area contributed by atoms with Gasteiger partial charge in [0.2, 0.25) is 0 Å². The first kappa shape index (κ1) is 30.4. The number of hydrogen-bond donors (Lipinski definition) is 1. The molecule has 0 aliphatic heterocycles. The van der Waals surface area contributed by atoms with Gasteiger partial charge in [0.1, 0.15) is 6.61 Å². The Balaban J connectivity index is 1.40. The molecule has 0 saturated heterocycles. The molecule has 1 amide bonds. The van der Waals surface area contributed by atoms with Crippen molar-refractivity contribution in [2.75, 3.05) is 18.5 Å². The largest absolute Gasteiger partial charge is 0.493 e. The van der Waals surface area contributed by atoms with Gasteiger partial charge in [0.05, 0.1) is 38.4 Å². The van der Waals surface area contributed by atoms with E-state index in [-0.39, 0.29) is 11.5 Å². The molecule has 0 unspecified atom stereocenters. The minimum absolute atomic E-state index is 0.174. The molecule has 4 rings (SSSR count). The first-order valence-corrected chi connectivity index (χ1v) is 15.0. The van der Waals surface area contributed by atoms with Crippen molar-refractivity contribution < 1.29 is 22.7 Å². The number of amides is 1. The molecule has 41 heavy (non-hydrogen) atoms. The van der Waals surface area contributed by atoms with Crippen molar-refractivity contribution in [3.8, 4) is 11.5 Å². The Labute approximate surface area is 256 Å². The van der Waals surface area contributed by atoms with Crippen LogP contribution in [0.1, 0.15) is 21.5 Å². The maximum absolute atomic E-state index is 12.8. The number of carbonyl (C=O) groups excluding carboxylic acids is 1. The third-order valence-corrected chi connectivity index (χ3v) is 9.02. The van der Waals surface area contributed by atoms with E-state index in [0.717, 1.165) is 9.87 Å². The van der Waals surface area contributed by atoms with Gasteiger partial charge in [-0.3, -0.25) is 9.10 Å². The number of rotatable bonds is 10. The summed E-state index contributed by atoms with van der Waals surface area (Å²) in [6.07, 6.45) is 1.46. The number of benzene rings is 4. The summed E-state index contributed by atoms with van der Waals surface area (Å²) in [6.45, 7) is 0.238. The van der Waals surface area contributed by atoms with Crippen LogP contribution in [-0.4, -0.2) is 34.7 Å². The highest BCUT2D eigenvalue weighted by Gasteiger charge is 2.21. The normalized spacial score (nSPS) is 11.3. The highest BCUT2D eigenvalue weighted by atomic mass is 79.9. The van der Waals surface area contributed by atoms with Crippen LogP contribution in [0.15, 0.2) is 99.4 Å². The second kappa shape index (κ2) is 13.4. The van der Waals surface area contributed by atoms with E-state index < -0.39 is 15.9 Å². The zero-order chi connectivity index (χ0) is 29.6. The average molecular weight is 677 g/mol. The van der Waals surface area contributed by atoms with Crippen LogP contribution in [0.4, 0.5) is 5.69 Å². The van der Waals surface area contributed by atoms with Crippen molar-refractivity contribution in [2.45, 2.75) is 11.5 Å². The van der Waals surface area contributed by atoms with Crippen LogP contribution in [0.3, 0.4) is 0 Å². The molecule has 8 nitrogen and oxygen atoms in total. The minimum Gasteiger partial charge on any atom is -0.493 e. The maximum Gasteiger partial charge on any atom is 0.271 e. The molecule has 1 N–H and O–H groups in total. The first-order valence-electron chi connectivity index (χ1n) is 12.0. The van der Waals surface area contributed by atoms with Gasteiger partial charge in [-0.1, -0.05) is 47.5 Å². The summed E-state index contributed by atoms with van der Waals surface area (Å²) in [5, 5.41) is 4.94. The van der Waals surface area contributed by atoms with Crippen LogP contribution < -0.4 is 19.2 Å². The Morgan fingerprint density at radius 1 is 1.00 bits per heavy atom. The fourth-order valence-electron chi connectivity index (χ4n) is 3.68. The SMILES string of the molecule is COc1cc(/C=N\NC(=O)c2ccc(N(C)S(=O)(=O)c3ccccc3)cc2)cc(Br)c1OCc1ccc(Cl)c(Cl)c1. The Hall–Kier alpha value is -3.57. The van der Waals surface area contributed by atoms with E-state index in [0.29, 0.717) is 42.8 Å². The second-order valence-electron chi connectivity index (χ2n) is 8.60. The van der Waals surface area contributed by atoms with Gasteiger partial charge in [0.25, 0.3) is 15.9 Å². The van der Waals surface area contributed by atoms with E-state index in [1.165, 1.54) is 44.6 Å². The van der Waals surface area contributed by atoms with Gasteiger partial charge in [0, 0.05) is 12.6 Å². The first-order chi connectivity index (χ1) is 19.6. The maximum atomic E-state index is 12.8. The van der Waals surface area contributed by atoms with Crippen molar-refractivity contribution in [3.05, 3.63) is 116 Å². The number of nitrogens with zero attached hydrogens (tertiary/aromatic N) is 2. The molecule has 212 valence electrons. The lowest BCUT2D eigenvalue weighted by atomic mass is 10.2. The number of sulfonamides is 1. The lowest BCUT2D eigenvalue weighted by molar-refractivity contribution is 0.0955. The van der Waals surface area contributed by atoms with Gasteiger partial charge >= 0.3 is 0 Å². The molecular formula is C29H24BrCl2N3O5S. The molecule has 0 spiro atoms. The summed E-state index contributed by atoms with van der Waals surface area (Å²) in [6, 6.07) is 23.0. The van der Waals surface area contributed by atoms with Gasteiger partial charge in [-0.2, -0.15) is 5.10 Å². The minimum atomic E-state index is -3.73. The summed E-state index contributed by atoms with van der Waals surface area (Å²) >= 11 is 15.6. The van der Waals surface area contributed by atoms with E-state index in [2.05, 4.69) is 26.5 Å². The van der Waals surface area contributed by atoms with Crippen LogP contribution in [-0.2, 0) is 16.6 Å². The predicted octanol–water partition coefficient (Wildman–Crippen LogP) is 6.93. The molecule has 0 heterocycles. The van der Waals surface area contributed by atoms with Gasteiger partial charge in [-0.05, 0) is 87.7 Å². The molecular weight excluding hydrogens is 653 g/mol. The van der Waals surface area contributed by atoms with Crippen molar-refractivity contribution in [3.63, 3.8) is 0 Å². The van der Waals surface area contributed by atoms with Crippen molar-refractivity contribution in [1.29, 1.82) is 0 Å². The van der Waals surface area contributed by atoms with Gasteiger partial charge in [-0.25, -0.2) is 13.8 Å². The van der Waals surface area contributed by atoms with E-state index >= 15 is 0 Å². The fraction of sp³-hybridized carbons (Fsp3) is 0.103. The number of carbonyl (C=O) groups is 1. The number of methoxy groups -OCH3 is 1. The van der Waals surface area contributed by atoms with Crippen LogP contribution in [0.2, 0.25) is 10.0 Å². The van der Waals surface area contributed by atoms with Crippen molar-refractivity contribution >= 4 is 67.0 Å². The summed E-state index contributed by atoms with van der Waals surface area (Å²) in [5.74, 6) is 0.477. The van der Waals surface area contributed by atoms with Crippen LogP contribution in [0.5, 0.6) is 11.5 Å². The summed E-state index contributed by atoms with van der Waals surface area (Å²) in [4.78, 5) is 12.8. The third-order valence-electron chi connectivity index (χ3n) is 5.89. The Kier molecular flexibility index (Phi) is 9.93. The van der Waals surface area contributed by atoms with Crippen molar-refractivity contribution in [2.24, 2.45) is 5.10 Å². The van der Waals surface area contributed by atoms with Gasteiger partial charge in [-0.15, -0.1) is 0 Å². The monoisotopic (exact) mass is 675 g/mol. The Morgan fingerprint density at radius 2 is 1.71 bits per heavy atom. The molecule has 0 aliphatic rings. The molecule has 4 aromatic carbocycles. The molecule has 4 aromatic rings. The van der Waals surface area contributed by atoms with E-state index in [4.69, 9.17) is 32.7 Å². The van der Waals surface area contributed by atoms with E-state index in [9.17, 15) is 13.2 Å². The number of halogens is 3. The van der Waals surface area contributed by atoms with E-state index in [1.54, 1.807) is 54.6 Å². The zero-order valence-electron chi connectivity index (χ0n) is 21.8. The summed E-state index contributed by atoms with van der Waals surface area (Å²) < 4.78 is 38.9. The number of anilines is 1. The van der Waals surface area contributed by atoms with Crippen LogP contribution in [0, 0.1) is 0 Å². The highest BCUT2D eigenvalue weighted by Crippen LogP contribution is 2.37. The molecule has 0 aromatic heterocycles. The number of hydrogen-bond acceptors (Lipinski definition) is 6. The molecule has 12 heteroatoms. The lowest BCUT2D eigenvalue weighted by Crippen LogP contribution is -2.26. The standard InChI is InChI=1S/C29H24BrCl2N3O5S/c1-35(41(37,38)23-6-4-3-5-7-23)22-11-9-21(10-12-22)29(36)34-33-17-20-14-24(30)28(27(16-20)39-2)40-18-19-8-13-25(31)26(32)15-19/h3-17H,18H2,1-2H3,(H,34,36)/b33-17-. The highest BCUT2D eigenvalue weighted by molar-refractivity contribution is 9.10. The van der Waals surface area contributed by atoms with E-state index in [1.807, 2.05) is 6.07 Å². The fourth-order valence-corrected chi connectivity index (χ4v) is 5.79. The number of ether oxygens (including phenoxy) is 2. The Bertz CT molecular complexity index is 1690. The molecule has 0 fully saturated rings. The molecule has 0 bridgehead atoms. The average Bonchev–Trinajstić information content (AvgIpc) is 2.98. The second-order valence-corrected chi connectivity index (χ2v) is 12.2. The topological polar surface area (TPSA) is 97.3 Å². The Morgan fingerprint density at radius 3 is 2.37 bits per heavy atom. The number of hydrazone groups is 1. The summed E-state index contributed by atoms with van der Waals surface area (Å²) in [7, 11) is -0.755. The number of nitrogens with one attached hydrogen (secondary N) is 1. The molecule has 0 saturated carbocycles. The van der Waals surface area contributed by atoms with Crippen LogP contribution in [0.25, 0.3) is 0 Å². The lowest BCUT2D eigenvalue weighted by Gasteiger charge is -2.19. The molecule has 0 atom stereocenters. The molecule has 0 radical (unpaired) electrons. The van der Waals surface area contributed by atoms with Crippen molar-refractivity contribution in [1.82, 2.24) is 5.43 Å². The summed E-state index contributed by atoms with van der Waals surface area (Å²) in [5.41, 5.74) is 4.66. The van der Waals surface area contributed by atoms with Crippen LogP contribution >= 0.6 is 39.1 Å². The smallest absolute Gasteiger partial charge is 0.271 e. The molecule has 0 aliphatic carbocycles. The van der Waals surface area contributed by atoms with Gasteiger partial charge in [0.15, 0.2) is 11.5 Å². The zero-order valence-corrected chi connectivity index (χ0v) is 25.8. The predicted molar refractivity (Wildman–Crippen MR) is 165 cm³/mol. The third kappa shape index (κ3) is 7.39. The van der Waals surface area contributed by atoms with Gasteiger partial charge < -0.3 is 9.47 Å².